The highest BCUT2D eigenvalue weighted by Gasteiger charge is 2.49. The quantitative estimate of drug-likeness (QED) is 0.197. The Morgan fingerprint density at radius 2 is 1.49 bits per heavy atom. The molecule has 0 unspecified atom stereocenters. The van der Waals surface area contributed by atoms with Crippen LogP contribution in [-0.4, -0.2) is 74.7 Å². The number of sulfonamides is 1. The molecular weight excluding hydrogens is 611 g/mol. The van der Waals surface area contributed by atoms with E-state index in [2.05, 4.69) is 14.9 Å². The van der Waals surface area contributed by atoms with Crippen molar-refractivity contribution in [3.63, 3.8) is 0 Å². The van der Waals surface area contributed by atoms with Gasteiger partial charge in [0.15, 0.2) is 0 Å². The minimum atomic E-state index is -3.44. The average Bonchev–Trinajstić information content (AvgIpc) is 3.42. The van der Waals surface area contributed by atoms with Crippen molar-refractivity contribution in [3.8, 4) is 0 Å². The number of hydrogen-bond donors (Lipinski definition) is 3. The van der Waals surface area contributed by atoms with E-state index in [1.165, 1.54) is 0 Å². The van der Waals surface area contributed by atoms with E-state index in [4.69, 9.17) is 33.7 Å². The lowest BCUT2D eigenvalue weighted by Crippen LogP contribution is -2.49. The van der Waals surface area contributed by atoms with Crippen LogP contribution in [0.5, 0.6) is 0 Å². The standard InChI is InChI=1S/C30H44N4O5S.CH2Cl2/c1-29(2,3)39-28(36)32-18-11-6-12-19-33-40(37,38)22-21-34-20-17-26(23-34)30(27(31)35,24-13-7-4-8-14-24)25-15-9-5-10-16-25;2-1-3/h4-5,7-10,13-16,26,33H,6,11-12,17-23H2,1-3H3,(H2,31,35)(H,32,36);1H2/t26-;/m1./s1. The summed E-state index contributed by atoms with van der Waals surface area (Å²) in [6.07, 6.45) is 2.48. The van der Waals surface area contributed by atoms with Gasteiger partial charge in [-0.15, -0.1) is 23.2 Å². The summed E-state index contributed by atoms with van der Waals surface area (Å²) in [4.78, 5) is 27.0. The fourth-order valence-corrected chi connectivity index (χ4v) is 6.49. The molecule has 3 rings (SSSR count). The van der Waals surface area contributed by atoms with Gasteiger partial charge in [0, 0.05) is 26.2 Å². The maximum atomic E-state index is 13.2. The topological polar surface area (TPSA) is 131 Å². The van der Waals surface area contributed by atoms with Crippen molar-refractivity contribution in [2.45, 2.75) is 57.5 Å². The molecule has 43 heavy (non-hydrogen) atoms. The molecule has 1 saturated heterocycles. The molecular formula is C31H46Cl2N4O5S. The van der Waals surface area contributed by atoms with Gasteiger partial charge in [0.05, 0.1) is 11.1 Å². The summed E-state index contributed by atoms with van der Waals surface area (Å²) in [6.45, 7) is 7.91. The van der Waals surface area contributed by atoms with E-state index in [9.17, 15) is 18.0 Å². The molecule has 4 N–H and O–H groups in total. The molecule has 1 heterocycles. The van der Waals surface area contributed by atoms with Crippen LogP contribution in [0.4, 0.5) is 4.79 Å². The highest BCUT2D eigenvalue weighted by atomic mass is 35.5. The van der Waals surface area contributed by atoms with Gasteiger partial charge in [-0.3, -0.25) is 4.79 Å². The smallest absolute Gasteiger partial charge is 0.407 e. The van der Waals surface area contributed by atoms with Crippen molar-refractivity contribution in [2.24, 2.45) is 11.7 Å². The van der Waals surface area contributed by atoms with E-state index in [-0.39, 0.29) is 17.0 Å². The summed E-state index contributed by atoms with van der Waals surface area (Å²) in [5.74, 6) is -0.493. The molecule has 0 spiro atoms. The predicted molar refractivity (Wildman–Crippen MR) is 174 cm³/mol. The maximum Gasteiger partial charge on any atom is 0.407 e. The lowest BCUT2D eigenvalue weighted by molar-refractivity contribution is -0.123. The van der Waals surface area contributed by atoms with Gasteiger partial charge in [-0.25, -0.2) is 17.9 Å². The zero-order valence-electron chi connectivity index (χ0n) is 25.4. The van der Waals surface area contributed by atoms with Crippen molar-refractivity contribution in [1.82, 2.24) is 14.9 Å². The van der Waals surface area contributed by atoms with E-state index in [1.807, 2.05) is 81.4 Å². The van der Waals surface area contributed by atoms with Crippen LogP contribution in [0.15, 0.2) is 60.7 Å². The first-order chi connectivity index (χ1) is 20.4. The van der Waals surface area contributed by atoms with Crippen LogP contribution >= 0.6 is 23.2 Å². The second-order valence-electron chi connectivity index (χ2n) is 11.5. The van der Waals surface area contributed by atoms with Crippen molar-refractivity contribution >= 4 is 45.2 Å². The van der Waals surface area contributed by atoms with Gasteiger partial charge in [-0.2, -0.15) is 0 Å². The number of nitrogens with zero attached hydrogens (tertiary/aromatic N) is 1. The number of rotatable bonds is 14. The van der Waals surface area contributed by atoms with Gasteiger partial charge >= 0.3 is 6.09 Å². The minimum Gasteiger partial charge on any atom is -0.444 e. The molecule has 1 fully saturated rings. The number of amides is 2. The molecule has 2 amide bonds. The molecule has 1 aliphatic heterocycles. The molecule has 240 valence electrons. The third-order valence-corrected chi connectivity index (χ3v) is 8.62. The fourth-order valence-electron chi connectivity index (χ4n) is 5.40. The number of likely N-dealkylation sites (tertiary alicyclic amines) is 1. The normalized spacial score (nSPS) is 15.8. The first-order valence-corrected chi connectivity index (χ1v) is 17.3. The largest absolute Gasteiger partial charge is 0.444 e. The molecule has 0 aliphatic carbocycles. The number of primary amides is 1. The highest BCUT2D eigenvalue weighted by molar-refractivity contribution is 7.89. The average molecular weight is 658 g/mol. The molecule has 0 saturated carbocycles. The second kappa shape index (κ2) is 17.8. The number of alkyl halides is 2. The number of benzene rings is 2. The molecule has 0 bridgehead atoms. The van der Waals surface area contributed by atoms with Gasteiger partial charge in [0.2, 0.25) is 15.9 Å². The van der Waals surface area contributed by atoms with Crippen molar-refractivity contribution in [2.75, 3.05) is 43.8 Å². The van der Waals surface area contributed by atoms with Gasteiger partial charge < -0.3 is 20.7 Å². The molecule has 12 heteroatoms. The van der Waals surface area contributed by atoms with Crippen LogP contribution in [0.2, 0.25) is 0 Å². The predicted octanol–water partition coefficient (Wildman–Crippen LogP) is 4.82. The summed E-state index contributed by atoms with van der Waals surface area (Å²) < 4.78 is 33.2. The van der Waals surface area contributed by atoms with Crippen LogP contribution in [0.1, 0.15) is 57.6 Å². The summed E-state index contributed by atoms with van der Waals surface area (Å²) >= 11 is 9.53. The van der Waals surface area contributed by atoms with Gasteiger partial charge in [-0.05, 0) is 63.6 Å². The maximum absolute atomic E-state index is 13.2. The Labute approximate surface area is 266 Å². The molecule has 2 aromatic rings. The molecule has 1 aliphatic rings. The van der Waals surface area contributed by atoms with Crippen LogP contribution < -0.4 is 15.8 Å². The number of nitrogens with two attached hydrogens (primary N) is 1. The lowest BCUT2D eigenvalue weighted by atomic mass is 9.64. The lowest BCUT2D eigenvalue weighted by Gasteiger charge is -2.37. The van der Waals surface area contributed by atoms with E-state index in [0.29, 0.717) is 39.1 Å². The van der Waals surface area contributed by atoms with E-state index >= 15 is 0 Å². The number of hydrogen-bond acceptors (Lipinski definition) is 6. The Morgan fingerprint density at radius 3 is 2.00 bits per heavy atom. The third kappa shape index (κ3) is 11.9. The Balaban J connectivity index is 0.00000206. The zero-order valence-corrected chi connectivity index (χ0v) is 27.7. The first-order valence-electron chi connectivity index (χ1n) is 14.5. The number of alkyl carbamates (subject to hydrolysis) is 1. The molecule has 1 atom stereocenters. The van der Waals surface area contributed by atoms with E-state index in [0.717, 1.165) is 30.4 Å². The van der Waals surface area contributed by atoms with Crippen LogP contribution in [0.25, 0.3) is 0 Å². The van der Waals surface area contributed by atoms with E-state index in [1.54, 1.807) is 0 Å². The Morgan fingerprint density at radius 1 is 0.953 bits per heavy atom. The van der Waals surface area contributed by atoms with Gasteiger partial charge in [0.1, 0.15) is 11.0 Å². The summed E-state index contributed by atoms with van der Waals surface area (Å²) in [5, 5.41) is 2.90. The molecule has 9 nitrogen and oxygen atoms in total. The molecule has 0 radical (unpaired) electrons. The Bertz CT molecular complexity index is 1190. The number of carbonyl (C=O) groups is 2. The van der Waals surface area contributed by atoms with Gasteiger partial charge in [-0.1, -0.05) is 67.1 Å². The first kappa shape index (κ1) is 36.8. The number of unbranched alkanes of at least 4 members (excludes halogenated alkanes) is 2. The summed E-state index contributed by atoms with van der Waals surface area (Å²) in [7, 11) is -3.44. The van der Waals surface area contributed by atoms with Crippen LogP contribution in [0, 0.1) is 5.92 Å². The van der Waals surface area contributed by atoms with Crippen molar-refractivity contribution < 1.29 is 22.7 Å². The Kier molecular flexibility index (Phi) is 15.2. The third-order valence-electron chi connectivity index (χ3n) is 7.25. The van der Waals surface area contributed by atoms with E-state index < -0.39 is 33.0 Å². The Hall–Kier alpha value is -2.37. The fraction of sp³-hybridized carbons (Fsp3) is 0.548. The summed E-state index contributed by atoms with van der Waals surface area (Å²) in [5.41, 5.74) is 6.34. The number of ether oxygens (including phenoxy) is 1. The number of nitrogens with one attached hydrogen (secondary N) is 2. The second-order valence-corrected chi connectivity index (χ2v) is 14.2. The SMILES string of the molecule is CC(C)(C)OC(=O)NCCCCCNS(=O)(=O)CCN1CC[C@@H](C(C(N)=O)(c2ccccc2)c2ccccc2)C1.ClCCl. The number of halogens is 2. The van der Waals surface area contributed by atoms with Crippen molar-refractivity contribution in [3.05, 3.63) is 71.8 Å². The minimum absolute atomic E-state index is 0.0137. The molecule has 2 aromatic carbocycles. The monoisotopic (exact) mass is 656 g/mol. The molecule has 0 aromatic heterocycles. The number of carbonyl (C=O) groups excluding carboxylic acids is 2. The zero-order chi connectivity index (χ0) is 31.9. The highest BCUT2D eigenvalue weighted by Crippen LogP contribution is 2.43. The summed E-state index contributed by atoms with van der Waals surface area (Å²) in [6, 6.07) is 19.3. The van der Waals surface area contributed by atoms with Crippen LogP contribution in [-0.2, 0) is 25.0 Å². The van der Waals surface area contributed by atoms with Crippen molar-refractivity contribution in [1.29, 1.82) is 0 Å². The van der Waals surface area contributed by atoms with Gasteiger partial charge in [0.25, 0.3) is 0 Å². The van der Waals surface area contributed by atoms with Crippen LogP contribution in [0.3, 0.4) is 0 Å².